The van der Waals surface area contributed by atoms with Crippen molar-refractivity contribution in [3.05, 3.63) is 48.2 Å². The first kappa shape index (κ1) is 13.5. The van der Waals surface area contributed by atoms with E-state index in [2.05, 4.69) is 30.9 Å². The van der Waals surface area contributed by atoms with E-state index in [1.54, 1.807) is 6.08 Å². The van der Waals surface area contributed by atoms with E-state index >= 15 is 0 Å². The number of nitrogens with zero attached hydrogens (tertiary/aromatic N) is 1. The molecule has 0 spiro atoms. The molecule has 0 unspecified atom stereocenters. The first-order valence-corrected chi connectivity index (χ1v) is 6.25. The molecule has 17 heavy (non-hydrogen) atoms. The Labute approximate surface area is 104 Å². The average molecular weight is 231 g/mol. The first-order chi connectivity index (χ1) is 8.26. The SMILES string of the molecule is CCN(/C=C/C(=O)CCc1ccccc1)CC. The minimum Gasteiger partial charge on any atom is -0.378 e. The maximum Gasteiger partial charge on any atom is 0.157 e. The maximum absolute atomic E-state index is 11.6. The van der Waals surface area contributed by atoms with Crippen LogP contribution < -0.4 is 0 Å². The van der Waals surface area contributed by atoms with Crippen molar-refractivity contribution < 1.29 is 4.79 Å². The van der Waals surface area contributed by atoms with Crippen LogP contribution in [0.3, 0.4) is 0 Å². The molecule has 0 aliphatic carbocycles. The van der Waals surface area contributed by atoms with Gasteiger partial charge in [-0.1, -0.05) is 30.3 Å². The maximum atomic E-state index is 11.6. The summed E-state index contributed by atoms with van der Waals surface area (Å²) in [6.07, 6.45) is 4.99. The molecule has 0 bridgehead atoms. The topological polar surface area (TPSA) is 20.3 Å². The smallest absolute Gasteiger partial charge is 0.157 e. The van der Waals surface area contributed by atoms with Crippen molar-refractivity contribution in [3.8, 4) is 0 Å². The predicted molar refractivity (Wildman–Crippen MR) is 71.8 cm³/mol. The lowest BCUT2D eigenvalue weighted by molar-refractivity contribution is -0.114. The molecule has 0 N–H and O–H groups in total. The van der Waals surface area contributed by atoms with E-state index in [0.717, 1.165) is 19.5 Å². The predicted octanol–water partition coefficient (Wildman–Crippen LogP) is 3.04. The van der Waals surface area contributed by atoms with Crippen molar-refractivity contribution in [2.75, 3.05) is 13.1 Å². The van der Waals surface area contributed by atoms with Gasteiger partial charge in [-0.15, -0.1) is 0 Å². The van der Waals surface area contributed by atoms with Gasteiger partial charge in [-0.25, -0.2) is 0 Å². The number of hydrogen-bond acceptors (Lipinski definition) is 2. The summed E-state index contributed by atoms with van der Waals surface area (Å²) >= 11 is 0. The number of ketones is 1. The molecule has 0 saturated carbocycles. The Morgan fingerprint density at radius 2 is 1.82 bits per heavy atom. The van der Waals surface area contributed by atoms with Gasteiger partial charge >= 0.3 is 0 Å². The van der Waals surface area contributed by atoms with Gasteiger partial charge in [0.25, 0.3) is 0 Å². The molecule has 0 aliphatic rings. The molecular formula is C15H21NO. The minimum atomic E-state index is 0.195. The molecule has 1 rings (SSSR count). The van der Waals surface area contributed by atoms with Gasteiger partial charge in [-0.3, -0.25) is 4.79 Å². The van der Waals surface area contributed by atoms with Gasteiger partial charge in [0.2, 0.25) is 0 Å². The zero-order valence-electron chi connectivity index (χ0n) is 10.7. The van der Waals surface area contributed by atoms with Crippen molar-refractivity contribution in [1.29, 1.82) is 0 Å². The minimum absolute atomic E-state index is 0.195. The first-order valence-electron chi connectivity index (χ1n) is 6.25. The van der Waals surface area contributed by atoms with Crippen LogP contribution >= 0.6 is 0 Å². The molecule has 0 saturated heterocycles. The second kappa shape index (κ2) is 7.66. The Morgan fingerprint density at radius 3 is 2.41 bits per heavy atom. The van der Waals surface area contributed by atoms with E-state index in [1.807, 2.05) is 24.4 Å². The van der Waals surface area contributed by atoms with Crippen LogP contribution in [0.5, 0.6) is 0 Å². The standard InChI is InChI=1S/C15H21NO/c1-3-16(4-2)13-12-15(17)11-10-14-8-6-5-7-9-14/h5-9,12-13H,3-4,10-11H2,1-2H3/b13-12+. The van der Waals surface area contributed by atoms with Gasteiger partial charge in [0.1, 0.15) is 0 Å². The lowest BCUT2D eigenvalue weighted by Gasteiger charge is -2.14. The zero-order valence-corrected chi connectivity index (χ0v) is 10.7. The van der Waals surface area contributed by atoms with Gasteiger partial charge < -0.3 is 4.90 Å². The fraction of sp³-hybridized carbons (Fsp3) is 0.400. The quantitative estimate of drug-likeness (QED) is 0.672. The van der Waals surface area contributed by atoms with Crippen LogP contribution in [0.25, 0.3) is 0 Å². The molecule has 0 aliphatic heterocycles. The summed E-state index contributed by atoms with van der Waals surface area (Å²) in [6, 6.07) is 10.1. The van der Waals surface area contributed by atoms with E-state index in [1.165, 1.54) is 5.56 Å². The van der Waals surface area contributed by atoms with Crippen LogP contribution in [0.4, 0.5) is 0 Å². The molecule has 0 atom stereocenters. The molecular weight excluding hydrogens is 210 g/mol. The highest BCUT2D eigenvalue weighted by Crippen LogP contribution is 2.03. The molecule has 2 heteroatoms. The summed E-state index contributed by atoms with van der Waals surface area (Å²) in [5.74, 6) is 0.195. The summed E-state index contributed by atoms with van der Waals surface area (Å²) in [5, 5.41) is 0. The lowest BCUT2D eigenvalue weighted by Crippen LogP contribution is -2.15. The molecule has 2 nitrogen and oxygen atoms in total. The Kier molecular flexibility index (Phi) is 6.08. The molecule has 0 radical (unpaired) electrons. The second-order valence-corrected chi connectivity index (χ2v) is 3.99. The van der Waals surface area contributed by atoms with Gasteiger partial charge in [0.05, 0.1) is 0 Å². The molecule has 92 valence electrons. The summed E-state index contributed by atoms with van der Waals surface area (Å²) in [5.41, 5.74) is 1.22. The van der Waals surface area contributed by atoms with Crippen molar-refractivity contribution in [3.63, 3.8) is 0 Å². The van der Waals surface area contributed by atoms with Gasteiger partial charge in [-0.05, 0) is 31.9 Å². The fourth-order valence-electron chi connectivity index (χ4n) is 1.62. The Morgan fingerprint density at radius 1 is 1.18 bits per heavy atom. The third kappa shape index (κ3) is 5.34. The van der Waals surface area contributed by atoms with Crippen molar-refractivity contribution in [1.82, 2.24) is 4.90 Å². The van der Waals surface area contributed by atoms with Crippen molar-refractivity contribution in [2.45, 2.75) is 26.7 Å². The monoisotopic (exact) mass is 231 g/mol. The normalized spacial score (nSPS) is 10.7. The molecule has 1 aromatic rings. The van der Waals surface area contributed by atoms with E-state index in [9.17, 15) is 4.79 Å². The Balaban J connectivity index is 2.35. The highest BCUT2D eigenvalue weighted by atomic mass is 16.1. The van der Waals surface area contributed by atoms with Crippen LogP contribution in [0, 0.1) is 0 Å². The molecule has 0 fully saturated rings. The Hall–Kier alpha value is -1.57. The number of hydrogen-bond donors (Lipinski definition) is 0. The van der Waals surface area contributed by atoms with E-state index < -0.39 is 0 Å². The van der Waals surface area contributed by atoms with Crippen molar-refractivity contribution >= 4 is 5.78 Å². The number of rotatable bonds is 7. The Bertz CT molecular complexity index is 352. The summed E-state index contributed by atoms with van der Waals surface area (Å²) < 4.78 is 0. The summed E-state index contributed by atoms with van der Waals surface area (Å²) in [7, 11) is 0. The highest BCUT2D eigenvalue weighted by Gasteiger charge is 1.99. The molecule has 0 aromatic heterocycles. The van der Waals surface area contributed by atoms with Crippen LogP contribution in [-0.4, -0.2) is 23.8 Å². The van der Waals surface area contributed by atoms with E-state index in [4.69, 9.17) is 0 Å². The average Bonchev–Trinajstić information content (AvgIpc) is 2.39. The second-order valence-electron chi connectivity index (χ2n) is 3.99. The van der Waals surface area contributed by atoms with E-state index in [-0.39, 0.29) is 5.78 Å². The highest BCUT2D eigenvalue weighted by molar-refractivity contribution is 5.89. The van der Waals surface area contributed by atoms with Gasteiger partial charge in [0, 0.05) is 25.7 Å². The van der Waals surface area contributed by atoms with Gasteiger partial charge in [-0.2, -0.15) is 0 Å². The zero-order chi connectivity index (χ0) is 12.5. The van der Waals surface area contributed by atoms with Crippen LogP contribution in [0.1, 0.15) is 25.8 Å². The largest absolute Gasteiger partial charge is 0.378 e. The third-order valence-corrected chi connectivity index (χ3v) is 2.79. The number of benzene rings is 1. The number of carbonyl (C=O) groups is 1. The number of aryl methyl sites for hydroxylation is 1. The summed E-state index contributed by atoms with van der Waals surface area (Å²) in [4.78, 5) is 13.8. The summed E-state index contributed by atoms with van der Waals surface area (Å²) in [6.45, 7) is 6.06. The number of allylic oxidation sites excluding steroid dienone is 1. The lowest BCUT2D eigenvalue weighted by atomic mass is 10.1. The molecule has 0 amide bonds. The van der Waals surface area contributed by atoms with Crippen molar-refractivity contribution in [2.24, 2.45) is 0 Å². The van der Waals surface area contributed by atoms with Gasteiger partial charge in [0.15, 0.2) is 5.78 Å². The van der Waals surface area contributed by atoms with Crippen LogP contribution in [-0.2, 0) is 11.2 Å². The molecule has 0 heterocycles. The molecule has 1 aromatic carbocycles. The third-order valence-electron chi connectivity index (χ3n) is 2.79. The van der Waals surface area contributed by atoms with E-state index in [0.29, 0.717) is 6.42 Å². The fourth-order valence-corrected chi connectivity index (χ4v) is 1.62. The number of carbonyl (C=O) groups excluding carboxylic acids is 1. The van der Waals surface area contributed by atoms with Crippen LogP contribution in [0.15, 0.2) is 42.6 Å². The van der Waals surface area contributed by atoms with Crippen LogP contribution in [0.2, 0.25) is 0 Å².